The van der Waals surface area contributed by atoms with E-state index in [1.54, 1.807) is 20.8 Å². The third-order valence-electron chi connectivity index (χ3n) is 2.21. The van der Waals surface area contributed by atoms with E-state index in [9.17, 15) is 19.2 Å². The van der Waals surface area contributed by atoms with Crippen molar-refractivity contribution in [3.05, 3.63) is 29.3 Å². The lowest BCUT2D eigenvalue weighted by molar-refractivity contribution is 0.00655. The zero-order valence-corrected chi connectivity index (χ0v) is 13.6. The number of ether oxygens (including phenoxy) is 2. The molecule has 0 aliphatic rings. The van der Waals surface area contributed by atoms with Crippen LogP contribution in [0.2, 0.25) is 0 Å². The molecule has 0 atom stereocenters. The highest BCUT2D eigenvalue weighted by atomic mass is 16.7. The van der Waals surface area contributed by atoms with Crippen molar-refractivity contribution in [1.29, 1.82) is 0 Å². The van der Waals surface area contributed by atoms with Crippen LogP contribution in [0.15, 0.2) is 18.2 Å². The molecule has 0 unspecified atom stereocenters. The lowest BCUT2D eigenvalue weighted by atomic mass is 10.1. The third kappa shape index (κ3) is 8.76. The van der Waals surface area contributed by atoms with Gasteiger partial charge in [0.25, 0.3) is 0 Å². The van der Waals surface area contributed by atoms with Crippen LogP contribution >= 0.6 is 0 Å². The van der Waals surface area contributed by atoms with Gasteiger partial charge in [0.05, 0.1) is 11.1 Å². The maximum absolute atomic E-state index is 11.9. The second-order valence-electron chi connectivity index (χ2n) is 5.35. The highest BCUT2D eigenvalue weighted by Gasteiger charge is 2.23. The largest absolute Gasteiger partial charge is 0.516 e. The average Bonchev–Trinajstić information content (AvgIpc) is 2.43. The Hall–Kier alpha value is -3.34. The first-order chi connectivity index (χ1) is 11.4. The number of anilines is 1. The van der Waals surface area contributed by atoms with Crippen LogP contribution in [-0.4, -0.2) is 45.2 Å². The monoisotopic (exact) mass is 358 g/mol. The molecular formula is C14H18N2O9. The van der Waals surface area contributed by atoms with E-state index in [-0.39, 0.29) is 11.1 Å². The normalized spacial score (nSPS) is 9.92. The Morgan fingerprint density at radius 3 is 1.84 bits per heavy atom. The van der Waals surface area contributed by atoms with Gasteiger partial charge in [0.1, 0.15) is 5.60 Å². The van der Waals surface area contributed by atoms with Crippen molar-refractivity contribution in [3.8, 4) is 0 Å². The summed E-state index contributed by atoms with van der Waals surface area (Å²) in [6.45, 7) is 5.11. The number of carboxylic acids is 1. The van der Waals surface area contributed by atoms with Crippen molar-refractivity contribution in [2.24, 2.45) is 5.84 Å². The van der Waals surface area contributed by atoms with Gasteiger partial charge in [-0.3, -0.25) is 5.84 Å². The van der Waals surface area contributed by atoms with Crippen molar-refractivity contribution < 1.29 is 44.0 Å². The summed E-state index contributed by atoms with van der Waals surface area (Å²) >= 11 is 0. The standard InChI is InChI=1S/C12H16N2O4.C2H2O5/c1-12(2,3)18-11(17)9-6-7(14-13)4-5-8(9)10(15)16;3-1(4)7-2(5)6/h4-6,14H,13H2,1-3H3,(H,15,16);(H,3,4)(H,5,6). The maximum atomic E-state index is 11.9. The first-order valence-corrected chi connectivity index (χ1v) is 6.58. The molecule has 1 aromatic rings. The predicted octanol–water partition coefficient (Wildman–Crippen LogP) is 1.98. The molecule has 0 fully saturated rings. The number of nitrogens with one attached hydrogen (secondary N) is 1. The van der Waals surface area contributed by atoms with E-state index in [0.717, 1.165) is 0 Å². The van der Waals surface area contributed by atoms with Gasteiger partial charge in [0, 0.05) is 5.69 Å². The van der Waals surface area contributed by atoms with Crippen molar-refractivity contribution in [2.45, 2.75) is 26.4 Å². The molecule has 0 spiro atoms. The van der Waals surface area contributed by atoms with Crippen molar-refractivity contribution >= 4 is 29.9 Å². The minimum absolute atomic E-state index is 0.0344. The van der Waals surface area contributed by atoms with Gasteiger partial charge in [-0.2, -0.15) is 0 Å². The highest BCUT2D eigenvalue weighted by molar-refractivity contribution is 6.03. The van der Waals surface area contributed by atoms with Crippen LogP contribution in [-0.2, 0) is 9.47 Å². The number of nitrogens with two attached hydrogens (primary N) is 1. The van der Waals surface area contributed by atoms with Crippen molar-refractivity contribution in [3.63, 3.8) is 0 Å². The molecule has 0 aliphatic heterocycles. The Balaban J connectivity index is 0.000000697. The molecule has 138 valence electrons. The molecule has 0 aliphatic carbocycles. The summed E-state index contributed by atoms with van der Waals surface area (Å²) in [5, 5.41) is 24.0. The molecule has 0 heterocycles. The van der Waals surface area contributed by atoms with E-state index in [0.29, 0.717) is 5.69 Å². The quantitative estimate of drug-likeness (QED) is 0.230. The summed E-state index contributed by atoms with van der Waals surface area (Å²) < 4.78 is 8.23. The number of carboxylic acid groups (broad SMARTS) is 3. The van der Waals surface area contributed by atoms with Crippen LogP contribution in [0.1, 0.15) is 41.5 Å². The van der Waals surface area contributed by atoms with Crippen LogP contribution in [0, 0.1) is 0 Å². The zero-order valence-electron chi connectivity index (χ0n) is 13.6. The lowest BCUT2D eigenvalue weighted by Crippen LogP contribution is -2.25. The molecular weight excluding hydrogens is 340 g/mol. The molecule has 0 radical (unpaired) electrons. The van der Waals surface area contributed by atoms with E-state index in [2.05, 4.69) is 10.2 Å². The number of hydrogen-bond acceptors (Lipinski definition) is 8. The Labute approximate surface area is 141 Å². The second kappa shape index (κ2) is 9.08. The number of carbonyl (C=O) groups is 4. The van der Waals surface area contributed by atoms with Gasteiger partial charge in [-0.05, 0) is 39.0 Å². The molecule has 0 amide bonds. The molecule has 0 saturated carbocycles. The molecule has 11 heteroatoms. The van der Waals surface area contributed by atoms with Gasteiger partial charge >= 0.3 is 24.2 Å². The Morgan fingerprint density at radius 1 is 1.00 bits per heavy atom. The predicted molar refractivity (Wildman–Crippen MR) is 83.5 cm³/mol. The van der Waals surface area contributed by atoms with E-state index >= 15 is 0 Å². The van der Waals surface area contributed by atoms with E-state index in [1.165, 1.54) is 18.2 Å². The van der Waals surface area contributed by atoms with Gasteiger partial charge in [-0.15, -0.1) is 0 Å². The number of aromatic carboxylic acids is 1. The third-order valence-corrected chi connectivity index (χ3v) is 2.21. The smallest absolute Gasteiger partial charge is 0.478 e. The summed E-state index contributed by atoms with van der Waals surface area (Å²) in [7, 11) is 0. The van der Waals surface area contributed by atoms with Gasteiger partial charge in [0.15, 0.2) is 0 Å². The minimum Gasteiger partial charge on any atom is -0.478 e. The molecule has 0 saturated heterocycles. The first-order valence-electron chi connectivity index (χ1n) is 6.58. The van der Waals surface area contributed by atoms with Crippen LogP contribution in [0.25, 0.3) is 0 Å². The summed E-state index contributed by atoms with van der Waals surface area (Å²) in [6, 6.07) is 4.12. The summed E-state index contributed by atoms with van der Waals surface area (Å²) in [5.41, 5.74) is 1.93. The minimum atomic E-state index is -1.81. The van der Waals surface area contributed by atoms with Gasteiger partial charge in [-0.25, -0.2) is 19.2 Å². The van der Waals surface area contributed by atoms with E-state index in [1.807, 2.05) is 0 Å². The number of benzene rings is 1. The van der Waals surface area contributed by atoms with Crippen LogP contribution < -0.4 is 11.3 Å². The number of hydrazine groups is 1. The number of hydrogen-bond donors (Lipinski definition) is 5. The molecule has 25 heavy (non-hydrogen) atoms. The number of esters is 1. The fourth-order valence-electron chi connectivity index (χ4n) is 1.40. The summed E-state index contributed by atoms with van der Waals surface area (Å²) in [4.78, 5) is 41.3. The molecule has 0 aromatic heterocycles. The van der Waals surface area contributed by atoms with Crippen LogP contribution in [0.5, 0.6) is 0 Å². The number of rotatable bonds is 3. The molecule has 0 bridgehead atoms. The Morgan fingerprint density at radius 2 is 1.52 bits per heavy atom. The van der Waals surface area contributed by atoms with Crippen LogP contribution in [0.3, 0.4) is 0 Å². The topological polar surface area (TPSA) is 185 Å². The molecule has 11 nitrogen and oxygen atoms in total. The number of carbonyl (C=O) groups excluding carboxylic acids is 1. The zero-order chi connectivity index (χ0) is 19.8. The second-order valence-corrected chi connectivity index (χ2v) is 5.35. The van der Waals surface area contributed by atoms with E-state index in [4.69, 9.17) is 25.9 Å². The Kier molecular flexibility index (Phi) is 7.86. The maximum Gasteiger partial charge on any atom is 0.516 e. The van der Waals surface area contributed by atoms with E-state index < -0.39 is 29.9 Å². The molecule has 6 N–H and O–H groups in total. The lowest BCUT2D eigenvalue weighted by Gasteiger charge is -2.20. The SMILES string of the molecule is CC(C)(C)OC(=O)c1cc(NN)ccc1C(=O)O.O=C(O)OC(=O)O. The van der Waals surface area contributed by atoms with Crippen LogP contribution in [0.4, 0.5) is 15.3 Å². The van der Waals surface area contributed by atoms with Gasteiger partial charge < -0.3 is 30.2 Å². The fourth-order valence-corrected chi connectivity index (χ4v) is 1.40. The fraction of sp³-hybridized carbons (Fsp3) is 0.286. The van der Waals surface area contributed by atoms with Crippen molar-refractivity contribution in [2.75, 3.05) is 5.43 Å². The molecule has 1 aromatic carbocycles. The highest BCUT2D eigenvalue weighted by Crippen LogP contribution is 2.19. The Bertz CT molecular complexity index is 653. The summed E-state index contributed by atoms with van der Waals surface area (Å²) in [5.74, 6) is 3.33. The molecule has 1 rings (SSSR count). The van der Waals surface area contributed by atoms with Gasteiger partial charge in [0.2, 0.25) is 0 Å². The first kappa shape index (κ1) is 21.7. The van der Waals surface area contributed by atoms with Gasteiger partial charge in [-0.1, -0.05) is 0 Å². The average molecular weight is 358 g/mol. The summed E-state index contributed by atoms with van der Waals surface area (Å²) in [6.07, 6.45) is -3.62. The number of nitrogen functional groups attached to an aromatic ring is 1. The van der Waals surface area contributed by atoms with Crippen molar-refractivity contribution in [1.82, 2.24) is 0 Å².